The van der Waals surface area contributed by atoms with Gasteiger partial charge in [-0.15, -0.1) is 0 Å². The van der Waals surface area contributed by atoms with Crippen LogP contribution in [-0.2, 0) is 0 Å². The predicted molar refractivity (Wildman–Crippen MR) is 63.5 cm³/mol. The van der Waals surface area contributed by atoms with Gasteiger partial charge in [-0.3, -0.25) is 0 Å². The molecule has 0 amide bonds. The molecule has 18 heavy (non-hydrogen) atoms. The second-order valence-corrected chi connectivity index (χ2v) is 3.98. The summed E-state index contributed by atoms with van der Waals surface area (Å²) in [5, 5.41) is 9.03. The Morgan fingerprint density at radius 1 is 1.06 bits per heavy atom. The Labute approximate surface area is 103 Å². The fraction of sp³-hybridized carbons (Fsp3) is 0.0714. The molecule has 0 bridgehead atoms. The van der Waals surface area contributed by atoms with Gasteiger partial charge < -0.3 is 5.11 Å². The highest BCUT2D eigenvalue weighted by Crippen LogP contribution is 2.28. The summed E-state index contributed by atoms with van der Waals surface area (Å²) in [7, 11) is 0. The van der Waals surface area contributed by atoms with Crippen LogP contribution in [0.25, 0.3) is 11.1 Å². The second-order valence-electron chi connectivity index (χ2n) is 3.98. The van der Waals surface area contributed by atoms with Crippen molar-refractivity contribution in [1.29, 1.82) is 0 Å². The van der Waals surface area contributed by atoms with E-state index in [4.69, 9.17) is 5.11 Å². The van der Waals surface area contributed by atoms with Crippen LogP contribution in [0.5, 0.6) is 0 Å². The van der Waals surface area contributed by atoms with Crippen molar-refractivity contribution in [2.75, 3.05) is 0 Å². The molecule has 0 heterocycles. The lowest BCUT2D eigenvalue weighted by atomic mass is 9.97. The van der Waals surface area contributed by atoms with Gasteiger partial charge in [0.2, 0.25) is 0 Å². The van der Waals surface area contributed by atoms with Gasteiger partial charge >= 0.3 is 5.97 Å². The standard InChI is InChI=1S/C14H10F2O2/c1-8-2-5-13(16)12(6-8)11-7-9(15)3-4-10(11)14(17)18/h2-7H,1H3,(H,17,18). The van der Waals surface area contributed by atoms with Crippen molar-refractivity contribution in [3.05, 3.63) is 59.2 Å². The van der Waals surface area contributed by atoms with Crippen molar-refractivity contribution >= 4 is 5.97 Å². The zero-order valence-corrected chi connectivity index (χ0v) is 9.58. The van der Waals surface area contributed by atoms with E-state index in [2.05, 4.69) is 0 Å². The zero-order valence-electron chi connectivity index (χ0n) is 9.58. The highest BCUT2D eigenvalue weighted by atomic mass is 19.1. The number of carboxylic acids is 1. The number of halogens is 2. The van der Waals surface area contributed by atoms with Crippen molar-refractivity contribution in [3.8, 4) is 11.1 Å². The number of hydrogen-bond donors (Lipinski definition) is 1. The number of rotatable bonds is 2. The molecule has 92 valence electrons. The maximum absolute atomic E-state index is 13.7. The maximum atomic E-state index is 13.7. The lowest BCUT2D eigenvalue weighted by Gasteiger charge is -2.08. The molecule has 0 fully saturated rings. The van der Waals surface area contributed by atoms with E-state index in [0.29, 0.717) is 0 Å². The smallest absolute Gasteiger partial charge is 0.336 e. The molecule has 2 rings (SSSR count). The van der Waals surface area contributed by atoms with E-state index in [-0.39, 0.29) is 16.7 Å². The number of aryl methyl sites for hydroxylation is 1. The van der Waals surface area contributed by atoms with E-state index in [9.17, 15) is 13.6 Å². The zero-order chi connectivity index (χ0) is 13.3. The Morgan fingerprint density at radius 3 is 2.44 bits per heavy atom. The summed E-state index contributed by atoms with van der Waals surface area (Å²) in [5.74, 6) is -2.39. The van der Waals surface area contributed by atoms with Crippen molar-refractivity contribution in [1.82, 2.24) is 0 Å². The number of hydrogen-bond acceptors (Lipinski definition) is 1. The Balaban J connectivity index is 2.73. The Kier molecular flexibility index (Phi) is 3.10. The molecule has 0 unspecified atom stereocenters. The molecule has 4 heteroatoms. The minimum Gasteiger partial charge on any atom is -0.478 e. The van der Waals surface area contributed by atoms with Crippen molar-refractivity contribution < 1.29 is 18.7 Å². The molecule has 0 radical (unpaired) electrons. The minimum absolute atomic E-state index is 0.0451. The van der Waals surface area contributed by atoms with E-state index in [1.807, 2.05) is 0 Å². The molecule has 0 atom stereocenters. The SMILES string of the molecule is Cc1ccc(F)c(-c2cc(F)ccc2C(=O)O)c1. The maximum Gasteiger partial charge on any atom is 0.336 e. The van der Waals surface area contributed by atoms with E-state index < -0.39 is 17.6 Å². The van der Waals surface area contributed by atoms with Crippen molar-refractivity contribution in [2.24, 2.45) is 0 Å². The van der Waals surface area contributed by atoms with Crippen LogP contribution in [0, 0.1) is 18.6 Å². The average Bonchev–Trinajstić information content (AvgIpc) is 2.31. The van der Waals surface area contributed by atoms with Gasteiger partial charge in [-0.1, -0.05) is 11.6 Å². The Bertz CT molecular complexity index is 621. The molecule has 0 aromatic heterocycles. The molecule has 0 spiro atoms. The van der Waals surface area contributed by atoms with Crippen molar-refractivity contribution in [3.63, 3.8) is 0 Å². The first-order chi connectivity index (χ1) is 8.49. The molecule has 0 saturated heterocycles. The fourth-order valence-corrected chi connectivity index (χ4v) is 1.77. The third kappa shape index (κ3) is 2.22. The van der Waals surface area contributed by atoms with Crippen LogP contribution < -0.4 is 0 Å². The van der Waals surface area contributed by atoms with Gasteiger partial charge in [-0.25, -0.2) is 13.6 Å². The number of benzene rings is 2. The average molecular weight is 248 g/mol. The molecule has 2 nitrogen and oxygen atoms in total. The Hall–Kier alpha value is -2.23. The minimum atomic E-state index is -1.22. The van der Waals surface area contributed by atoms with Crippen LogP contribution in [-0.4, -0.2) is 11.1 Å². The van der Waals surface area contributed by atoms with Gasteiger partial charge in [-0.05, 0) is 37.3 Å². The summed E-state index contributed by atoms with van der Waals surface area (Å²) in [4.78, 5) is 11.1. The summed E-state index contributed by atoms with van der Waals surface area (Å²) in [6, 6.07) is 7.51. The first-order valence-electron chi connectivity index (χ1n) is 5.28. The van der Waals surface area contributed by atoms with Gasteiger partial charge in [0, 0.05) is 11.1 Å². The lowest BCUT2D eigenvalue weighted by molar-refractivity contribution is 0.0697. The van der Waals surface area contributed by atoms with Gasteiger partial charge in [0.25, 0.3) is 0 Å². The number of carbonyl (C=O) groups is 1. The van der Waals surface area contributed by atoms with E-state index >= 15 is 0 Å². The normalized spacial score (nSPS) is 10.4. The fourth-order valence-electron chi connectivity index (χ4n) is 1.77. The number of aromatic carboxylic acids is 1. The van der Waals surface area contributed by atoms with E-state index in [1.54, 1.807) is 13.0 Å². The van der Waals surface area contributed by atoms with Crippen LogP contribution in [0.4, 0.5) is 8.78 Å². The Morgan fingerprint density at radius 2 is 1.78 bits per heavy atom. The van der Waals surface area contributed by atoms with Crippen molar-refractivity contribution in [2.45, 2.75) is 6.92 Å². The molecule has 0 aliphatic rings. The lowest BCUT2D eigenvalue weighted by Crippen LogP contribution is -2.01. The molecule has 2 aromatic carbocycles. The first-order valence-corrected chi connectivity index (χ1v) is 5.28. The molecular weight excluding hydrogens is 238 g/mol. The van der Waals surface area contributed by atoms with E-state index in [0.717, 1.165) is 23.8 Å². The molecule has 0 aliphatic heterocycles. The molecule has 0 aliphatic carbocycles. The summed E-state index contributed by atoms with van der Waals surface area (Å²) in [5.41, 5.74) is 0.781. The topological polar surface area (TPSA) is 37.3 Å². The molecule has 2 aromatic rings. The summed E-state index contributed by atoms with van der Waals surface area (Å²) in [6.07, 6.45) is 0. The predicted octanol–water partition coefficient (Wildman–Crippen LogP) is 3.64. The first kappa shape index (κ1) is 12.2. The largest absolute Gasteiger partial charge is 0.478 e. The van der Waals surface area contributed by atoms with Crippen LogP contribution in [0.2, 0.25) is 0 Å². The van der Waals surface area contributed by atoms with Gasteiger partial charge in [0.05, 0.1) is 5.56 Å². The van der Waals surface area contributed by atoms with E-state index in [1.165, 1.54) is 12.1 Å². The molecular formula is C14H10F2O2. The quantitative estimate of drug-likeness (QED) is 0.880. The van der Waals surface area contributed by atoms with Gasteiger partial charge in [-0.2, -0.15) is 0 Å². The summed E-state index contributed by atoms with van der Waals surface area (Å²) >= 11 is 0. The number of carboxylic acid groups (broad SMARTS) is 1. The third-order valence-corrected chi connectivity index (χ3v) is 2.62. The summed E-state index contributed by atoms with van der Waals surface area (Å²) < 4.78 is 26.9. The van der Waals surface area contributed by atoms with Gasteiger partial charge in [0.15, 0.2) is 0 Å². The monoisotopic (exact) mass is 248 g/mol. The highest BCUT2D eigenvalue weighted by molar-refractivity contribution is 5.96. The van der Waals surface area contributed by atoms with Crippen LogP contribution in [0.15, 0.2) is 36.4 Å². The molecule has 1 N–H and O–H groups in total. The highest BCUT2D eigenvalue weighted by Gasteiger charge is 2.15. The third-order valence-electron chi connectivity index (χ3n) is 2.62. The van der Waals surface area contributed by atoms with Crippen LogP contribution in [0.3, 0.4) is 0 Å². The van der Waals surface area contributed by atoms with Crippen LogP contribution >= 0.6 is 0 Å². The van der Waals surface area contributed by atoms with Crippen LogP contribution in [0.1, 0.15) is 15.9 Å². The molecule has 0 saturated carbocycles. The summed E-state index contributed by atoms with van der Waals surface area (Å²) in [6.45, 7) is 1.75. The van der Waals surface area contributed by atoms with Gasteiger partial charge in [0.1, 0.15) is 11.6 Å². The second kappa shape index (κ2) is 4.56.